The SMILES string of the molecule is CCO[Si](OCC)(OCC)OCC.[B].[P]. The molecule has 4 nitrogen and oxygen atoms in total. The maximum Gasteiger partial charge on any atom is 0.679 e. The highest BCUT2D eigenvalue weighted by atomic mass is 31.0. The van der Waals surface area contributed by atoms with Crippen LogP contribution in [0.5, 0.6) is 0 Å². The molecule has 0 saturated carbocycles. The molecule has 0 bridgehead atoms. The van der Waals surface area contributed by atoms with Crippen molar-refractivity contribution in [3.63, 3.8) is 0 Å². The van der Waals surface area contributed by atoms with E-state index in [9.17, 15) is 0 Å². The summed E-state index contributed by atoms with van der Waals surface area (Å²) in [5, 5.41) is 0. The summed E-state index contributed by atoms with van der Waals surface area (Å²) in [6, 6.07) is 0. The second-order valence-corrected chi connectivity index (χ2v) is 4.39. The molecule has 7 heteroatoms. The largest absolute Gasteiger partial charge is 0.679 e. The number of hydrogen-bond donors (Lipinski definition) is 0. The molecular formula is C8H20BO4PSi. The summed E-state index contributed by atoms with van der Waals surface area (Å²) < 4.78 is 21.7. The van der Waals surface area contributed by atoms with Crippen LogP contribution in [0.4, 0.5) is 0 Å². The highest BCUT2D eigenvalue weighted by Gasteiger charge is 2.44. The molecule has 0 aromatic heterocycles. The molecule has 0 atom stereocenters. The van der Waals surface area contributed by atoms with E-state index in [2.05, 4.69) is 0 Å². The van der Waals surface area contributed by atoms with Crippen LogP contribution in [-0.2, 0) is 17.7 Å². The Kier molecular flexibility index (Phi) is 17.6. The normalized spacial score (nSPS) is 10.4. The van der Waals surface area contributed by atoms with Crippen molar-refractivity contribution in [1.29, 1.82) is 0 Å². The van der Waals surface area contributed by atoms with Crippen molar-refractivity contribution in [3.05, 3.63) is 0 Å². The highest BCUT2D eigenvalue weighted by molar-refractivity contribution is 6.92. The van der Waals surface area contributed by atoms with Gasteiger partial charge in [-0.2, -0.15) is 0 Å². The van der Waals surface area contributed by atoms with Gasteiger partial charge in [0.2, 0.25) is 0 Å². The molecule has 0 amide bonds. The van der Waals surface area contributed by atoms with Gasteiger partial charge in [0.1, 0.15) is 0 Å². The fourth-order valence-corrected chi connectivity index (χ4v) is 2.87. The van der Waals surface area contributed by atoms with Gasteiger partial charge in [0.25, 0.3) is 0 Å². The van der Waals surface area contributed by atoms with Gasteiger partial charge >= 0.3 is 9.05 Å². The van der Waals surface area contributed by atoms with Gasteiger partial charge in [0.15, 0.2) is 0 Å². The number of rotatable bonds is 8. The molecule has 0 aliphatic heterocycles. The number of hydrogen-bond acceptors (Lipinski definition) is 4. The first kappa shape index (κ1) is 20.9. The first-order chi connectivity index (χ1) is 6.24. The zero-order valence-corrected chi connectivity index (χ0v) is 11.9. The molecule has 0 aliphatic rings. The monoisotopic (exact) mass is 250 g/mol. The molecule has 15 heavy (non-hydrogen) atoms. The smallest absolute Gasteiger partial charge is 0.351 e. The van der Waals surface area contributed by atoms with E-state index < -0.39 is 9.05 Å². The standard InChI is InChI=1S/C8H20O4Si.B.P/c1-5-9-13(10-6-2,11-7-3)12-8-4;;/h5-8H2,1-4H3;;. The predicted molar refractivity (Wildman–Crippen MR) is 64.9 cm³/mol. The van der Waals surface area contributed by atoms with Crippen LogP contribution in [0.2, 0.25) is 0 Å². The lowest BCUT2D eigenvalue weighted by Gasteiger charge is -2.26. The van der Waals surface area contributed by atoms with Crippen LogP contribution in [0.15, 0.2) is 0 Å². The zero-order valence-electron chi connectivity index (χ0n) is 9.99. The molecule has 0 aliphatic carbocycles. The van der Waals surface area contributed by atoms with Gasteiger partial charge in [-0.3, -0.25) is 0 Å². The summed E-state index contributed by atoms with van der Waals surface area (Å²) in [7, 11) is -2.80. The quantitative estimate of drug-likeness (QED) is 0.488. The average molecular weight is 250 g/mol. The molecule has 0 fully saturated rings. The lowest BCUT2D eigenvalue weighted by atomic mass is 10.8. The summed E-state index contributed by atoms with van der Waals surface area (Å²) in [6.45, 7) is 9.80. The van der Waals surface area contributed by atoms with Crippen molar-refractivity contribution >= 4 is 27.4 Å². The second kappa shape index (κ2) is 12.6. The van der Waals surface area contributed by atoms with Crippen LogP contribution in [0, 0.1) is 0 Å². The summed E-state index contributed by atoms with van der Waals surface area (Å²) in [5.41, 5.74) is 0. The van der Waals surface area contributed by atoms with E-state index in [1.807, 2.05) is 27.7 Å². The summed E-state index contributed by atoms with van der Waals surface area (Å²) in [5.74, 6) is 0. The summed E-state index contributed by atoms with van der Waals surface area (Å²) >= 11 is 0. The van der Waals surface area contributed by atoms with E-state index >= 15 is 0 Å². The van der Waals surface area contributed by atoms with Crippen LogP contribution in [-0.4, -0.2) is 43.9 Å². The Morgan fingerprint density at radius 1 is 0.667 bits per heavy atom. The van der Waals surface area contributed by atoms with Gasteiger partial charge in [0, 0.05) is 44.7 Å². The summed E-state index contributed by atoms with van der Waals surface area (Å²) in [4.78, 5) is 0. The maximum atomic E-state index is 5.42. The van der Waals surface area contributed by atoms with Crippen LogP contribution in [0.25, 0.3) is 0 Å². The Hall–Kier alpha value is 0.552. The van der Waals surface area contributed by atoms with Gasteiger partial charge < -0.3 is 17.7 Å². The van der Waals surface area contributed by atoms with Gasteiger partial charge in [-0.25, -0.2) is 0 Å². The van der Waals surface area contributed by atoms with Crippen molar-refractivity contribution in [1.82, 2.24) is 0 Å². The second-order valence-electron chi connectivity index (χ2n) is 2.23. The molecule has 0 N–H and O–H groups in total. The van der Waals surface area contributed by atoms with Crippen LogP contribution in [0.1, 0.15) is 27.7 Å². The van der Waals surface area contributed by atoms with Gasteiger partial charge in [-0.05, 0) is 27.7 Å². The maximum absolute atomic E-state index is 5.42. The van der Waals surface area contributed by atoms with Crippen molar-refractivity contribution in [2.75, 3.05) is 26.4 Å². The molecular weight excluding hydrogens is 230 g/mol. The fraction of sp³-hybridized carbons (Fsp3) is 1.00. The van der Waals surface area contributed by atoms with Gasteiger partial charge in [0.05, 0.1) is 0 Å². The Labute approximate surface area is 99.7 Å². The molecule has 0 aromatic rings. The van der Waals surface area contributed by atoms with Gasteiger partial charge in [-0.1, -0.05) is 0 Å². The fourth-order valence-electron chi connectivity index (χ4n) is 0.957. The third-order valence-corrected chi connectivity index (χ3v) is 3.85. The zero-order chi connectivity index (χ0) is 10.2. The van der Waals surface area contributed by atoms with E-state index in [4.69, 9.17) is 17.7 Å². The van der Waals surface area contributed by atoms with Gasteiger partial charge in [-0.15, -0.1) is 0 Å². The van der Waals surface area contributed by atoms with E-state index in [0.29, 0.717) is 26.4 Å². The first-order valence-corrected chi connectivity index (χ1v) is 6.43. The molecule has 0 unspecified atom stereocenters. The lowest BCUT2D eigenvalue weighted by molar-refractivity contribution is -0.0247. The van der Waals surface area contributed by atoms with E-state index in [0.717, 1.165) is 0 Å². The molecule has 0 aromatic carbocycles. The average Bonchev–Trinajstić information content (AvgIpc) is 2.06. The Morgan fingerprint density at radius 2 is 0.867 bits per heavy atom. The van der Waals surface area contributed by atoms with E-state index in [1.165, 1.54) is 0 Å². The molecule has 0 rings (SSSR count). The van der Waals surface area contributed by atoms with Crippen molar-refractivity contribution < 1.29 is 17.7 Å². The Bertz CT molecular complexity index is 102. The van der Waals surface area contributed by atoms with E-state index in [1.54, 1.807) is 0 Å². The summed E-state index contributed by atoms with van der Waals surface area (Å²) in [6.07, 6.45) is 0. The minimum atomic E-state index is -2.80. The molecule has 88 valence electrons. The Balaban J connectivity index is -0.000000720. The molecule has 0 spiro atoms. The minimum absolute atomic E-state index is 0. The van der Waals surface area contributed by atoms with Crippen LogP contribution < -0.4 is 0 Å². The molecule has 0 heterocycles. The lowest BCUT2D eigenvalue weighted by Crippen LogP contribution is -2.49. The van der Waals surface area contributed by atoms with Crippen molar-refractivity contribution in [2.45, 2.75) is 27.7 Å². The highest BCUT2D eigenvalue weighted by Crippen LogP contribution is 2.11. The van der Waals surface area contributed by atoms with Crippen molar-refractivity contribution in [2.24, 2.45) is 0 Å². The first-order valence-electron chi connectivity index (χ1n) is 4.80. The van der Waals surface area contributed by atoms with E-state index in [-0.39, 0.29) is 18.3 Å². The molecule has 0 saturated heterocycles. The van der Waals surface area contributed by atoms with Crippen LogP contribution >= 0.6 is 9.90 Å². The van der Waals surface area contributed by atoms with Crippen LogP contribution in [0.3, 0.4) is 0 Å². The third-order valence-electron chi connectivity index (χ3n) is 1.28. The van der Waals surface area contributed by atoms with Crippen molar-refractivity contribution in [3.8, 4) is 0 Å². The third kappa shape index (κ3) is 8.37. The minimum Gasteiger partial charge on any atom is -0.351 e. The topological polar surface area (TPSA) is 36.9 Å². The molecule has 6 radical (unpaired) electrons. The predicted octanol–water partition coefficient (Wildman–Crippen LogP) is 2.05. The Morgan fingerprint density at radius 3 is 1.00 bits per heavy atom.